The van der Waals surface area contributed by atoms with Crippen molar-refractivity contribution in [1.82, 2.24) is 5.01 Å². The largest absolute Gasteiger partial charge is 0.515 e. The van der Waals surface area contributed by atoms with Crippen LogP contribution in [0.4, 0.5) is 5.69 Å². The number of aliphatic hydroxyl groups excluding tert-OH is 1. The van der Waals surface area contributed by atoms with Gasteiger partial charge in [0, 0.05) is 19.3 Å². The zero-order valence-electron chi connectivity index (χ0n) is 9.46. The smallest absolute Gasteiger partial charge is 0.112 e. The van der Waals surface area contributed by atoms with Gasteiger partial charge in [-0.2, -0.15) is 5.10 Å². The van der Waals surface area contributed by atoms with E-state index in [0.29, 0.717) is 0 Å². The lowest BCUT2D eigenvalue weighted by atomic mass is 10.1. The maximum absolute atomic E-state index is 8.98. The van der Waals surface area contributed by atoms with Gasteiger partial charge >= 0.3 is 0 Å². The van der Waals surface area contributed by atoms with Crippen LogP contribution >= 0.6 is 0 Å². The molecule has 0 fully saturated rings. The lowest BCUT2D eigenvalue weighted by molar-refractivity contribution is 0.475. The maximum atomic E-state index is 8.98. The molecule has 16 heavy (non-hydrogen) atoms. The molecule has 1 aromatic carbocycles. The average molecular weight is 217 g/mol. The number of hydrogen-bond acceptors (Lipinski definition) is 3. The third kappa shape index (κ3) is 2.95. The van der Waals surface area contributed by atoms with Gasteiger partial charge in [-0.1, -0.05) is 18.2 Å². The molecule has 0 aliphatic rings. The first-order valence-electron chi connectivity index (χ1n) is 4.83. The molecule has 0 radical (unpaired) electrons. The predicted molar refractivity (Wildman–Crippen MR) is 68.2 cm³/mol. The van der Waals surface area contributed by atoms with E-state index in [1.54, 1.807) is 13.4 Å². The van der Waals surface area contributed by atoms with E-state index in [9.17, 15) is 0 Å². The van der Waals surface area contributed by atoms with Crippen LogP contribution in [-0.4, -0.2) is 30.2 Å². The summed E-state index contributed by atoms with van der Waals surface area (Å²) in [6.45, 7) is 5.20. The zero-order valence-corrected chi connectivity index (χ0v) is 9.46. The second-order valence-electron chi connectivity index (χ2n) is 3.29. The standard InChI is InChI=1S/C12H15N3O/c1-10(8-16)11-6-4-5-7-12(11)14-9-15(3)13-2/h4-9,16H,2H2,1,3H3. The summed E-state index contributed by atoms with van der Waals surface area (Å²) in [4.78, 5) is 4.26. The molecule has 1 N–H and O–H groups in total. The van der Waals surface area contributed by atoms with Gasteiger partial charge in [-0.05, 0) is 18.6 Å². The van der Waals surface area contributed by atoms with Gasteiger partial charge in [0.2, 0.25) is 0 Å². The predicted octanol–water partition coefficient (Wildman–Crippen LogP) is 2.81. The molecule has 0 amide bonds. The summed E-state index contributed by atoms with van der Waals surface area (Å²) < 4.78 is 0. The molecule has 0 saturated heterocycles. The van der Waals surface area contributed by atoms with Crippen LogP contribution < -0.4 is 0 Å². The molecule has 84 valence electrons. The Morgan fingerprint density at radius 3 is 2.75 bits per heavy atom. The molecule has 0 aliphatic heterocycles. The van der Waals surface area contributed by atoms with Crippen LogP contribution in [0.15, 0.2) is 40.6 Å². The van der Waals surface area contributed by atoms with E-state index in [2.05, 4.69) is 16.8 Å². The Morgan fingerprint density at radius 1 is 1.44 bits per heavy atom. The Labute approximate surface area is 95.2 Å². The van der Waals surface area contributed by atoms with E-state index in [4.69, 9.17) is 5.11 Å². The Balaban J connectivity index is 3.04. The second-order valence-corrected chi connectivity index (χ2v) is 3.29. The average Bonchev–Trinajstić information content (AvgIpc) is 2.35. The molecule has 0 saturated carbocycles. The lowest BCUT2D eigenvalue weighted by Gasteiger charge is -2.06. The summed E-state index contributed by atoms with van der Waals surface area (Å²) in [5.41, 5.74) is 2.43. The van der Waals surface area contributed by atoms with E-state index in [-0.39, 0.29) is 0 Å². The van der Waals surface area contributed by atoms with Crippen molar-refractivity contribution in [3.8, 4) is 0 Å². The van der Waals surface area contributed by atoms with Gasteiger partial charge in [0.05, 0.1) is 11.9 Å². The number of benzene rings is 1. The molecule has 0 aliphatic carbocycles. The minimum absolute atomic E-state index is 0.766. The van der Waals surface area contributed by atoms with Crippen molar-refractivity contribution in [2.24, 2.45) is 10.1 Å². The number of rotatable bonds is 4. The fourth-order valence-corrected chi connectivity index (χ4v) is 1.17. The van der Waals surface area contributed by atoms with Gasteiger partial charge in [-0.3, -0.25) is 5.01 Å². The Bertz CT molecular complexity index is 424. The van der Waals surface area contributed by atoms with Gasteiger partial charge in [-0.15, -0.1) is 0 Å². The zero-order chi connectivity index (χ0) is 12.0. The van der Waals surface area contributed by atoms with Crippen LogP contribution in [0.2, 0.25) is 0 Å². The topological polar surface area (TPSA) is 48.2 Å². The van der Waals surface area contributed by atoms with Crippen LogP contribution in [0, 0.1) is 0 Å². The number of allylic oxidation sites excluding steroid dienone is 1. The first-order chi connectivity index (χ1) is 7.69. The molecule has 4 nitrogen and oxygen atoms in total. The van der Waals surface area contributed by atoms with Crippen molar-refractivity contribution < 1.29 is 5.11 Å². The second kappa shape index (κ2) is 5.70. The molecule has 1 rings (SSSR count). The molecule has 0 spiro atoms. The Kier molecular flexibility index (Phi) is 4.27. The van der Waals surface area contributed by atoms with E-state index < -0.39 is 0 Å². The molecule has 0 heterocycles. The summed E-state index contributed by atoms with van der Waals surface area (Å²) in [6.07, 6.45) is 2.64. The normalized spacial score (nSPS) is 11.8. The number of para-hydroxylation sites is 1. The first kappa shape index (κ1) is 12.0. The van der Waals surface area contributed by atoms with Crippen LogP contribution in [-0.2, 0) is 0 Å². The molecular formula is C12H15N3O. The van der Waals surface area contributed by atoms with Gasteiger partial charge in [-0.25, -0.2) is 4.99 Å². The summed E-state index contributed by atoms with van der Waals surface area (Å²) in [6, 6.07) is 7.56. The first-order valence-corrected chi connectivity index (χ1v) is 4.83. The molecule has 0 unspecified atom stereocenters. The minimum Gasteiger partial charge on any atom is -0.515 e. The van der Waals surface area contributed by atoms with Crippen LogP contribution in [0.1, 0.15) is 12.5 Å². The van der Waals surface area contributed by atoms with Crippen LogP contribution in [0.25, 0.3) is 5.57 Å². The van der Waals surface area contributed by atoms with Crippen molar-refractivity contribution in [3.05, 3.63) is 36.1 Å². The van der Waals surface area contributed by atoms with E-state index in [1.807, 2.05) is 31.2 Å². The lowest BCUT2D eigenvalue weighted by Crippen LogP contribution is -2.05. The summed E-state index contributed by atoms with van der Waals surface area (Å²) in [7, 11) is 1.74. The van der Waals surface area contributed by atoms with Gasteiger partial charge in [0.15, 0.2) is 0 Å². The molecule has 0 atom stereocenters. The SMILES string of the molecule is C=NN(C)C=Nc1ccccc1C(C)=CO. The fourth-order valence-electron chi connectivity index (χ4n) is 1.17. The Morgan fingerprint density at radius 2 is 2.12 bits per heavy atom. The fraction of sp³-hybridized carbons (Fsp3) is 0.167. The molecule has 0 aromatic heterocycles. The van der Waals surface area contributed by atoms with Crippen molar-refractivity contribution >= 4 is 24.3 Å². The van der Waals surface area contributed by atoms with Crippen LogP contribution in [0.3, 0.4) is 0 Å². The molecule has 4 heteroatoms. The minimum atomic E-state index is 0.766. The van der Waals surface area contributed by atoms with E-state index in [0.717, 1.165) is 23.1 Å². The molecular weight excluding hydrogens is 202 g/mol. The van der Waals surface area contributed by atoms with Gasteiger partial charge in [0.25, 0.3) is 0 Å². The van der Waals surface area contributed by atoms with Gasteiger partial charge < -0.3 is 5.11 Å². The highest BCUT2D eigenvalue weighted by Crippen LogP contribution is 2.25. The summed E-state index contributed by atoms with van der Waals surface area (Å²) in [5, 5.41) is 14.2. The third-order valence-electron chi connectivity index (χ3n) is 2.11. The number of aliphatic hydroxyl groups is 1. The van der Waals surface area contributed by atoms with E-state index >= 15 is 0 Å². The Hall–Kier alpha value is -2.10. The summed E-state index contributed by atoms with van der Waals surface area (Å²) in [5.74, 6) is 0. The highest BCUT2D eigenvalue weighted by molar-refractivity contribution is 5.75. The molecule has 1 aromatic rings. The summed E-state index contributed by atoms with van der Waals surface area (Å²) >= 11 is 0. The number of hydrazone groups is 1. The quantitative estimate of drug-likeness (QED) is 0.365. The van der Waals surface area contributed by atoms with Crippen molar-refractivity contribution in [2.45, 2.75) is 6.92 Å². The number of nitrogens with zero attached hydrogens (tertiary/aromatic N) is 3. The number of hydrogen-bond donors (Lipinski definition) is 1. The molecule has 0 bridgehead atoms. The highest BCUT2D eigenvalue weighted by Gasteiger charge is 2.01. The van der Waals surface area contributed by atoms with Crippen molar-refractivity contribution in [3.63, 3.8) is 0 Å². The highest BCUT2D eigenvalue weighted by atomic mass is 16.2. The number of aliphatic imine (C=N–C) groups is 1. The monoisotopic (exact) mass is 217 g/mol. The van der Waals surface area contributed by atoms with E-state index in [1.165, 1.54) is 5.01 Å². The van der Waals surface area contributed by atoms with Crippen LogP contribution in [0.5, 0.6) is 0 Å². The third-order valence-corrected chi connectivity index (χ3v) is 2.11. The van der Waals surface area contributed by atoms with Crippen molar-refractivity contribution in [1.29, 1.82) is 0 Å². The van der Waals surface area contributed by atoms with Crippen molar-refractivity contribution in [2.75, 3.05) is 7.05 Å². The maximum Gasteiger partial charge on any atom is 0.112 e. The van der Waals surface area contributed by atoms with Gasteiger partial charge in [0.1, 0.15) is 6.34 Å².